The van der Waals surface area contributed by atoms with Gasteiger partial charge in [0.2, 0.25) is 0 Å². The van der Waals surface area contributed by atoms with E-state index in [9.17, 15) is 14.4 Å². The Morgan fingerprint density at radius 2 is 1.95 bits per heavy atom. The van der Waals surface area contributed by atoms with Crippen LogP contribution >= 0.6 is 11.6 Å². The fourth-order valence-electron chi connectivity index (χ4n) is 4.97. The molecule has 2 heterocycles. The number of hydrogen-bond acceptors (Lipinski definition) is 6. The van der Waals surface area contributed by atoms with Crippen molar-refractivity contribution in [1.29, 1.82) is 0 Å². The van der Waals surface area contributed by atoms with Crippen LogP contribution < -0.4 is 9.64 Å². The minimum atomic E-state index is -0.643. The summed E-state index contributed by atoms with van der Waals surface area (Å²) in [5.74, 6) is 0.0844. The molecule has 1 fully saturated rings. The zero-order chi connectivity index (χ0) is 28.2. The van der Waals surface area contributed by atoms with Gasteiger partial charge in [-0.25, -0.2) is 4.79 Å². The van der Waals surface area contributed by atoms with Gasteiger partial charge in [-0.15, -0.1) is 0 Å². The van der Waals surface area contributed by atoms with Crippen molar-refractivity contribution in [1.82, 2.24) is 9.80 Å². The van der Waals surface area contributed by atoms with Crippen LogP contribution in [0.1, 0.15) is 77.6 Å². The molecule has 2 aliphatic heterocycles. The molecule has 1 aromatic carbocycles. The first-order valence-electron chi connectivity index (χ1n) is 13.4. The molecule has 0 saturated carbocycles. The van der Waals surface area contributed by atoms with E-state index in [1.54, 1.807) is 40.9 Å². The molecule has 0 N–H and O–H groups in total. The third-order valence-electron chi connectivity index (χ3n) is 6.70. The maximum atomic E-state index is 14.0. The van der Waals surface area contributed by atoms with E-state index >= 15 is 0 Å². The van der Waals surface area contributed by atoms with Crippen molar-refractivity contribution in [2.24, 2.45) is 0 Å². The average molecular weight is 552 g/mol. The van der Waals surface area contributed by atoms with Gasteiger partial charge < -0.3 is 28.9 Å². The number of fused-ring (bicyclic) bond motifs is 1. The molecular weight excluding hydrogens is 510 g/mol. The van der Waals surface area contributed by atoms with Crippen LogP contribution in [0.3, 0.4) is 0 Å². The molecular formula is C28H42ClN3O6. The van der Waals surface area contributed by atoms with E-state index in [-0.39, 0.29) is 35.0 Å². The first-order chi connectivity index (χ1) is 17.8. The summed E-state index contributed by atoms with van der Waals surface area (Å²) in [5.41, 5.74) is 0.253. The Bertz CT molecular complexity index is 1020. The van der Waals surface area contributed by atoms with Gasteiger partial charge in [0.1, 0.15) is 11.4 Å². The molecule has 212 valence electrons. The molecule has 2 atom stereocenters. The Morgan fingerprint density at radius 1 is 1.24 bits per heavy atom. The van der Waals surface area contributed by atoms with Crippen molar-refractivity contribution in [3.05, 3.63) is 22.7 Å². The third-order valence-corrected chi connectivity index (χ3v) is 7.01. The number of amides is 3. The van der Waals surface area contributed by atoms with Gasteiger partial charge in [-0.3, -0.25) is 9.59 Å². The molecule has 0 radical (unpaired) electrons. The highest BCUT2D eigenvalue weighted by atomic mass is 35.5. The molecule has 0 spiro atoms. The molecule has 1 aromatic rings. The van der Waals surface area contributed by atoms with Crippen molar-refractivity contribution in [3.63, 3.8) is 0 Å². The highest BCUT2D eigenvalue weighted by Crippen LogP contribution is 2.39. The lowest BCUT2D eigenvalue weighted by molar-refractivity contribution is -0.125. The summed E-state index contributed by atoms with van der Waals surface area (Å²) < 4.78 is 16.6. The van der Waals surface area contributed by atoms with Crippen LogP contribution in [-0.4, -0.2) is 84.8 Å². The number of hydrogen-bond donors (Lipinski definition) is 0. The Hall–Kier alpha value is -2.52. The second-order valence-corrected chi connectivity index (χ2v) is 11.7. The van der Waals surface area contributed by atoms with Crippen molar-refractivity contribution < 1.29 is 28.6 Å². The van der Waals surface area contributed by atoms with E-state index < -0.39 is 11.7 Å². The lowest BCUT2D eigenvalue weighted by Crippen LogP contribution is -2.54. The molecule has 0 unspecified atom stereocenters. The Balaban J connectivity index is 1.88. The molecule has 9 nitrogen and oxygen atoms in total. The number of halogens is 1. The normalized spacial score (nSPS) is 19.8. The topological polar surface area (TPSA) is 88.6 Å². The van der Waals surface area contributed by atoms with Crippen LogP contribution in [0.5, 0.6) is 5.75 Å². The second kappa shape index (κ2) is 12.6. The van der Waals surface area contributed by atoms with E-state index in [2.05, 4.69) is 0 Å². The fraction of sp³-hybridized carbons (Fsp3) is 0.679. The minimum absolute atomic E-state index is 0.138. The summed E-state index contributed by atoms with van der Waals surface area (Å²) in [4.78, 5) is 44.9. The Labute approximate surface area is 231 Å². The number of ether oxygens (including phenoxy) is 3. The molecule has 0 aliphatic carbocycles. The molecule has 38 heavy (non-hydrogen) atoms. The number of likely N-dealkylation sites (tertiary alicyclic amines) is 1. The molecule has 10 heteroatoms. The van der Waals surface area contributed by atoms with Crippen molar-refractivity contribution in [2.75, 3.05) is 38.3 Å². The minimum Gasteiger partial charge on any atom is -0.479 e. The number of piperidine rings is 1. The van der Waals surface area contributed by atoms with Gasteiger partial charge in [0.05, 0.1) is 22.3 Å². The molecule has 3 amide bonds. The summed E-state index contributed by atoms with van der Waals surface area (Å²) >= 11 is 6.64. The van der Waals surface area contributed by atoms with Crippen molar-refractivity contribution in [3.8, 4) is 5.75 Å². The van der Waals surface area contributed by atoms with Crippen LogP contribution in [0.15, 0.2) is 12.1 Å². The number of anilines is 1. The molecule has 0 aromatic heterocycles. The van der Waals surface area contributed by atoms with Crippen molar-refractivity contribution in [2.45, 2.75) is 91.0 Å². The average Bonchev–Trinajstić information content (AvgIpc) is 2.82. The molecule has 0 bridgehead atoms. The van der Waals surface area contributed by atoms with Gasteiger partial charge in [-0.2, -0.15) is 0 Å². The smallest absolute Gasteiger partial charge is 0.410 e. The van der Waals surface area contributed by atoms with E-state index in [0.29, 0.717) is 43.2 Å². The predicted molar refractivity (Wildman–Crippen MR) is 147 cm³/mol. The summed E-state index contributed by atoms with van der Waals surface area (Å²) in [7, 11) is 1.65. The first kappa shape index (κ1) is 30.0. The van der Waals surface area contributed by atoms with Gasteiger partial charge in [-0.1, -0.05) is 11.6 Å². The zero-order valence-corrected chi connectivity index (χ0v) is 24.5. The predicted octanol–water partition coefficient (Wildman–Crippen LogP) is 5.13. The maximum absolute atomic E-state index is 14.0. The first-order valence-corrected chi connectivity index (χ1v) is 13.8. The van der Waals surface area contributed by atoms with E-state index in [1.807, 2.05) is 34.6 Å². The Kier molecular flexibility index (Phi) is 9.92. The van der Waals surface area contributed by atoms with Gasteiger partial charge >= 0.3 is 6.09 Å². The maximum Gasteiger partial charge on any atom is 0.410 e. The summed E-state index contributed by atoms with van der Waals surface area (Å²) in [6.45, 7) is 13.2. The summed E-state index contributed by atoms with van der Waals surface area (Å²) in [6, 6.07) is 2.96. The standard InChI is InChI=1S/C28H42ClN3O6/c1-18(2)32(20-11-10-12-30(17-20)27(35)38-28(4,5)6)26(34)21-15-23-24(16-22(21)29)37-19(3)25(33)31(23)13-8-9-14-36-7/h15-16,18-20H,8-14,17H2,1-7H3/t19-,20-/m1/s1. The van der Waals surface area contributed by atoms with Gasteiger partial charge in [-0.05, 0) is 73.3 Å². The molecule has 1 saturated heterocycles. The van der Waals surface area contributed by atoms with Gasteiger partial charge in [0, 0.05) is 45.5 Å². The number of methoxy groups -OCH3 is 1. The number of nitrogens with zero attached hydrogens (tertiary/aromatic N) is 3. The number of benzene rings is 1. The summed E-state index contributed by atoms with van der Waals surface area (Å²) in [6.07, 6.45) is 2.05. The lowest BCUT2D eigenvalue weighted by atomic mass is 10.0. The zero-order valence-electron chi connectivity index (χ0n) is 23.7. The number of unbranched alkanes of at least 4 members (excludes halogenated alkanes) is 1. The van der Waals surface area contributed by atoms with Gasteiger partial charge in [0.25, 0.3) is 11.8 Å². The largest absolute Gasteiger partial charge is 0.479 e. The Morgan fingerprint density at radius 3 is 2.58 bits per heavy atom. The highest BCUT2D eigenvalue weighted by molar-refractivity contribution is 6.34. The monoisotopic (exact) mass is 551 g/mol. The van der Waals surface area contributed by atoms with Crippen LogP contribution in [0.2, 0.25) is 5.02 Å². The lowest BCUT2D eigenvalue weighted by Gasteiger charge is -2.42. The SMILES string of the molecule is COCCCCN1C(=O)[C@@H](C)Oc2cc(Cl)c(C(=O)N(C(C)C)[C@@H]3CCCN(C(=O)OC(C)(C)C)C3)cc21. The van der Waals surface area contributed by atoms with E-state index in [4.69, 9.17) is 25.8 Å². The van der Waals surface area contributed by atoms with Crippen LogP contribution in [0, 0.1) is 0 Å². The van der Waals surface area contributed by atoms with Crippen LogP contribution in [0.4, 0.5) is 10.5 Å². The van der Waals surface area contributed by atoms with Gasteiger partial charge in [0.15, 0.2) is 6.10 Å². The molecule has 3 rings (SSSR count). The van der Waals surface area contributed by atoms with Crippen molar-refractivity contribution >= 4 is 35.2 Å². The van der Waals surface area contributed by atoms with E-state index in [0.717, 1.165) is 25.7 Å². The number of carbonyl (C=O) groups is 3. The van der Waals surface area contributed by atoms with E-state index in [1.165, 1.54) is 0 Å². The second-order valence-electron chi connectivity index (χ2n) is 11.3. The van der Waals surface area contributed by atoms with Crippen LogP contribution in [0.25, 0.3) is 0 Å². The highest BCUT2D eigenvalue weighted by Gasteiger charge is 2.37. The number of rotatable bonds is 8. The number of carbonyl (C=O) groups excluding carboxylic acids is 3. The summed E-state index contributed by atoms with van der Waals surface area (Å²) in [5, 5.41) is 0.264. The fourth-order valence-corrected chi connectivity index (χ4v) is 5.21. The third kappa shape index (κ3) is 7.11. The van der Waals surface area contributed by atoms with Crippen LogP contribution in [-0.2, 0) is 14.3 Å². The molecule has 2 aliphatic rings. The quantitative estimate of drug-likeness (QED) is 0.416.